The molecule has 0 radical (unpaired) electrons. The Labute approximate surface area is 165 Å². The van der Waals surface area contributed by atoms with E-state index in [0.717, 1.165) is 16.8 Å². The Bertz CT molecular complexity index is 913. The molecular formula is C21H26N6O. The van der Waals surface area contributed by atoms with E-state index in [0.29, 0.717) is 18.3 Å². The van der Waals surface area contributed by atoms with Gasteiger partial charge in [-0.15, -0.1) is 10.2 Å². The quantitative estimate of drug-likeness (QED) is 0.684. The molecule has 7 nitrogen and oxygen atoms in total. The van der Waals surface area contributed by atoms with Gasteiger partial charge in [0.15, 0.2) is 0 Å². The lowest BCUT2D eigenvalue weighted by Crippen LogP contribution is -2.28. The number of amides is 1. The molecule has 0 fully saturated rings. The number of tetrazole rings is 1. The Morgan fingerprint density at radius 1 is 1.07 bits per heavy atom. The Hall–Kier alpha value is -3.22. The predicted octanol–water partition coefficient (Wildman–Crippen LogP) is 2.85. The summed E-state index contributed by atoms with van der Waals surface area (Å²) in [6, 6.07) is 16.1. The first-order valence-electron chi connectivity index (χ1n) is 9.33. The zero-order chi connectivity index (χ0) is 20.1. The number of carbonyl (C=O) groups is 1. The number of hydrogen-bond donors (Lipinski definition) is 1. The lowest BCUT2D eigenvalue weighted by Gasteiger charge is -2.12. The molecule has 0 bridgehead atoms. The molecule has 0 aliphatic heterocycles. The maximum absolute atomic E-state index is 12.2. The molecule has 0 spiro atoms. The zero-order valence-electron chi connectivity index (χ0n) is 16.8. The SMILES string of the molecule is CC(C)c1ccc(-c2nnn(CC(=O)NCc3ccc(N(C)C)cc3)n2)cc1. The first-order valence-corrected chi connectivity index (χ1v) is 9.33. The summed E-state index contributed by atoms with van der Waals surface area (Å²) < 4.78 is 0. The van der Waals surface area contributed by atoms with E-state index >= 15 is 0 Å². The van der Waals surface area contributed by atoms with E-state index < -0.39 is 0 Å². The summed E-state index contributed by atoms with van der Waals surface area (Å²) in [5.74, 6) is 0.832. The first kappa shape index (κ1) is 19.5. The number of hydrogen-bond acceptors (Lipinski definition) is 5. The molecule has 28 heavy (non-hydrogen) atoms. The molecule has 3 aromatic rings. The van der Waals surface area contributed by atoms with Crippen LogP contribution in [-0.2, 0) is 17.9 Å². The summed E-state index contributed by atoms with van der Waals surface area (Å²) in [4.78, 5) is 15.5. The van der Waals surface area contributed by atoms with Gasteiger partial charge in [0, 0.05) is 31.9 Å². The van der Waals surface area contributed by atoms with Crippen LogP contribution in [0, 0.1) is 0 Å². The highest BCUT2D eigenvalue weighted by Gasteiger charge is 2.10. The second-order valence-corrected chi connectivity index (χ2v) is 7.26. The molecule has 0 unspecified atom stereocenters. The molecule has 0 saturated carbocycles. The fourth-order valence-electron chi connectivity index (χ4n) is 2.74. The minimum Gasteiger partial charge on any atom is -0.378 e. The second kappa shape index (κ2) is 8.65. The van der Waals surface area contributed by atoms with Gasteiger partial charge in [0.1, 0.15) is 6.54 Å². The summed E-state index contributed by atoms with van der Waals surface area (Å²) in [6.07, 6.45) is 0. The molecular weight excluding hydrogens is 352 g/mol. The second-order valence-electron chi connectivity index (χ2n) is 7.26. The minimum atomic E-state index is -0.157. The van der Waals surface area contributed by atoms with Crippen LogP contribution in [0.4, 0.5) is 5.69 Å². The van der Waals surface area contributed by atoms with E-state index in [9.17, 15) is 4.79 Å². The molecule has 0 aliphatic carbocycles. The van der Waals surface area contributed by atoms with Crippen molar-refractivity contribution in [2.75, 3.05) is 19.0 Å². The number of nitrogens with zero attached hydrogens (tertiary/aromatic N) is 5. The van der Waals surface area contributed by atoms with Gasteiger partial charge in [-0.3, -0.25) is 4.79 Å². The van der Waals surface area contributed by atoms with Crippen LogP contribution >= 0.6 is 0 Å². The molecule has 0 atom stereocenters. The Morgan fingerprint density at radius 2 is 1.75 bits per heavy atom. The average Bonchev–Trinajstić information content (AvgIpc) is 3.15. The van der Waals surface area contributed by atoms with E-state index in [4.69, 9.17) is 0 Å². The fraction of sp³-hybridized carbons (Fsp3) is 0.333. The largest absolute Gasteiger partial charge is 0.378 e. The van der Waals surface area contributed by atoms with Crippen LogP contribution in [0.2, 0.25) is 0 Å². The number of rotatable bonds is 7. The molecule has 0 saturated heterocycles. The van der Waals surface area contributed by atoms with Crippen molar-refractivity contribution in [3.63, 3.8) is 0 Å². The molecule has 1 N–H and O–H groups in total. The normalized spacial score (nSPS) is 10.9. The van der Waals surface area contributed by atoms with Crippen LogP contribution < -0.4 is 10.2 Å². The predicted molar refractivity (Wildman–Crippen MR) is 110 cm³/mol. The van der Waals surface area contributed by atoms with Crippen molar-refractivity contribution in [2.45, 2.75) is 32.9 Å². The third-order valence-corrected chi connectivity index (χ3v) is 4.52. The summed E-state index contributed by atoms with van der Waals surface area (Å²) in [6.45, 7) is 4.80. The van der Waals surface area contributed by atoms with Crippen LogP contribution in [0.5, 0.6) is 0 Å². The number of carbonyl (C=O) groups excluding carboxylic acids is 1. The van der Waals surface area contributed by atoms with E-state index in [1.165, 1.54) is 10.4 Å². The van der Waals surface area contributed by atoms with Crippen molar-refractivity contribution in [3.05, 3.63) is 59.7 Å². The van der Waals surface area contributed by atoms with E-state index in [1.54, 1.807) is 0 Å². The molecule has 1 heterocycles. The van der Waals surface area contributed by atoms with Crippen LogP contribution in [-0.4, -0.2) is 40.2 Å². The molecule has 1 aromatic heterocycles. The van der Waals surface area contributed by atoms with Crippen molar-refractivity contribution in [2.24, 2.45) is 0 Å². The minimum absolute atomic E-state index is 0.0346. The topological polar surface area (TPSA) is 75.9 Å². The van der Waals surface area contributed by atoms with Gasteiger partial charge < -0.3 is 10.2 Å². The van der Waals surface area contributed by atoms with Crippen molar-refractivity contribution >= 4 is 11.6 Å². The summed E-state index contributed by atoms with van der Waals surface area (Å²) in [7, 11) is 3.99. The number of anilines is 1. The van der Waals surface area contributed by atoms with Crippen LogP contribution in [0.3, 0.4) is 0 Å². The van der Waals surface area contributed by atoms with Crippen molar-refractivity contribution in [3.8, 4) is 11.4 Å². The van der Waals surface area contributed by atoms with Crippen LogP contribution in [0.1, 0.15) is 30.9 Å². The van der Waals surface area contributed by atoms with Gasteiger partial charge in [0.2, 0.25) is 11.7 Å². The van der Waals surface area contributed by atoms with Crippen LogP contribution in [0.25, 0.3) is 11.4 Å². The Morgan fingerprint density at radius 3 is 2.36 bits per heavy atom. The molecule has 0 aliphatic rings. The number of aromatic nitrogens is 4. The number of benzene rings is 2. The molecule has 2 aromatic carbocycles. The van der Waals surface area contributed by atoms with Gasteiger partial charge in [-0.2, -0.15) is 4.80 Å². The zero-order valence-corrected chi connectivity index (χ0v) is 16.8. The monoisotopic (exact) mass is 378 g/mol. The first-order chi connectivity index (χ1) is 13.4. The third-order valence-electron chi connectivity index (χ3n) is 4.52. The molecule has 1 amide bonds. The maximum Gasteiger partial charge on any atom is 0.243 e. The summed E-state index contributed by atoms with van der Waals surface area (Å²) in [5.41, 5.74) is 4.30. The van der Waals surface area contributed by atoms with Gasteiger partial charge in [-0.05, 0) is 34.4 Å². The van der Waals surface area contributed by atoms with Crippen LogP contribution in [0.15, 0.2) is 48.5 Å². The highest BCUT2D eigenvalue weighted by molar-refractivity contribution is 5.75. The van der Waals surface area contributed by atoms with E-state index in [-0.39, 0.29) is 12.5 Å². The summed E-state index contributed by atoms with van der Waals surface area (Å²) in [5, 5.41) is 15.2. The van der Waals surface area contributed by atoms with Crippen molar-refractivity contribution < 1.29 is 4.79 Å². The highest BCUT2D eigenvalue weighted by atomic mass is 16.2. The van der Waals surface area contributed by atoms with Gasteiger partial charge >= 0.3 is 0 Å². The molecule has 146 valence electrons. The highest BCUT2D eigenvalue weighted by Crippen LogP contribution is 2.19. The van der Waals surface area contributed by atoms with Gasteiger partial charge in [-0.1, -0.05) is 50.2 Å². The standard InChI is InChI=1S/C21H26N6O/c1-15(2)17-7-9-18(10-8-17)21-23-25-27(24-21)14-20(28)22-13-16-5-11-19(12-6-16)26(3)4/h5-12,15H,13-14H2,1-4H3,(H,22,28). The van der Waals surface area contributed by atoms with Crippen molar-refractivity contribution in [1.29, 1.82) is 0 Å². The van der Waals surface area contributed by atoms with Gasteiger partial charge in [0.25, 0.3) is 0 Å². The lowest BCUT2D eigenvalue weighted by molar-refractivity contribution is -0.122. The Kier molecular flexibility index (Phi) is 6.03. The van der Waals surface area contributed by atoms with Crippen molar-refractivity contribution in [1.82, 2.24) is 25.5 Å². The third kappa shape index (κ3) is 4.94. The smallest absolute Gasteiger partial charge is 0.243 e. The Balaban J connectivity index is 1.54. The maximum atomic E-state index is 12.2. The molecule has 3 rings (SSSR count). The average molecular weight is 378 g/mol. The van der Waals surface area contributed by atoms with E-state index in [1.807, 2.05) is 55.4 Å². The number of nitrogens with one attached hydrogen (secondary N) is 1. The lowest BCUT2D eigenvalue weighted by atomic mass is 10.0. The fourth-order valence-corrected chi connectivity index (χ4v) is 2.74. The van der Waals surface area contributed by atoms with Gasteiger partial charge in [0.05, 0.1) is 0 Å². The van der Waals surface area contributed by atoms with E-state index in [2.05, 4.69) is 46.7 Å². The summed E-state index contributed by atoms with van der Waals surface area (Å²) >= 11 is 0. The molecule has 7 heteroatoms. The van der Waals surface area contributed by atoms with Gasteiger partial charge in [-0.25, -0.2) is 0 Å².